The van der Waals surface area contributed by atoms with E-state index in [9.17, 15) is 30.5 Å². The van der Waals surface area contributed by atoms with Crippen LogP contribution in [0.15, 0.2) is 28.0 Å². The Balaban J connectivity index is 3.08. The van der Waals surface area contributed by atoms with Crippen molar-refractivity contribution in [3.8, 4) is 0 Å². The highest BCUT2D eigenvalue weighted by Crippen LogP contribution is 2.40. The van der Waals surface area contributed by atoms with Crippen molar-refractivity contribution in [1.29, 1.82) is 0 Å². The predicted molar refractivity (Wildman–Crippen MR) is 62.4 cm³/mol. The molecule has 0 heterocycles. The second kappa shape index (κ2) is 6.99. The van der Waals surface area contributed by atoms with E-state index in [-0.39, 0.29) is 0 Å². The number of hydrogen-bond acceptors (Lipinski definition) is 6. The number of alkyl halides is 3. The third-order valence-corrected chi connectivity index (χ3v) is 4.31. The molecule has 0 aromatic heterocycles. The first-order valence-corrected chi connectivity index (χ1v) is 8.10. The minimum atomic E-state index is -4.84. The summed E-state index contributed by atoms with van der Waals surface area (Å²) in [7, 11) is -7.87. The Hall–Kier alpha value is -0.780. The molecule has 118 valence electrons. The second-order valence-electron chi connectivity index (χ2n) is 3.20. The van der Waals surface area contributed by atoms with E-state index >= 15 is 0 Å². The zero-order valence-electron chi connectivity index (χ0n) is 9.70. The minimum Gasteiger partial charge on any atom is -0.232 e. The fourth-order valence-corrected chi connectivity index (χ4v) is 3.16. The molecule has 0 amide bonds. The van der Waals surface area contributed by atoms with Gasteiger partial charge in [-0.1, -0.05) is 4.52 Å². The number of thioether (sulfide) groups is 1. The van der Waals surface area contributed by atoms with Crippen LogP contribution in [0.25, 0.3) is 0 Å². The van der Waals surface area contributed by atoms with E-state index in [0.717, 1.165) is 0 Å². The summed E-state index contributed by atoms with van der Waals surface area (Å²) in [5.41, 5.74) is -4.84. The zero-order valence-corrected chi connectivity index (χ0v) is 12.2. The Morgan fingerprint density at radius 2 is 1.95 bits per heavy atom. The van der Waals surface area contributed by atoms with Gasteiger partial charge in [-0.05, 0) is 30.0 Å². The number of halogens is 4. The maximum absolute atomic E-state index is 13.0. The highest BCUT2D eigenvalue weighted by atomic mass is 32.2. The van der Waals surface area contributed by atoms with E-state index in [1.165, 1.54) is 0 Å². The van der Waals surface area contributed by atoms with Crippen molar-refractivity contribution in [2.24, 2.45) is 0 Å². The molecule has 1 aromatic carbocycles. The van der Waals surface area contributed by atoms with Gasteiger partial charge in [0.2, 0.25) is 6.79 Å². The first-order valence-electron chi connectivity index (χ1n) is 4.75. The average molecular weight is 369 g/mol. The number of rotatable bonds is 6. The second-order valence-corrected chi connectivity index (χ2v) is 6.62. The summed E-state index contributed by atoms with van der Waals surface area (Å²) >= 11 is -0.839. The fraction of sp³-hybridized carbons (Fsp3) is 0.250. The van der Waals surface area contributed by atoms with Crippen molar-refractivity contribution >= 4 is 30.1 Å². The molecule has 0 spiro atoms. The van der Waals surface area contributed by atoms with Gasteiger partial charge in [-0.15, -0.1) is 4.89 Å². The highest BCUT2D eigenvalue weighted by Gasteiger charge is 2.33. The van der Waals surface area contributed by atoms with Crippen LogP contribution in [0.5, 0.6) is 0 Å². The third kappa shape index (κ3) is 6.24. The average Bonchev–Trinajstić information content (AvgIpc) is 2.25. The SMILES string of the molecule is O=[P+](O)OCOS(=O)(=O)c1ccc(F)cc1SC(F)(F)F. The van der Waals surface area contributed by atoms with Crippen molar-refractivity contribution < 1.29 is 44.1 Å². The van der Waals surface area contributed by atoms with Crippen molar-refractivity contribution in [1.82, 2.24) is 0 Å². The quantitative estimate of drug-likeness (QED) is 0.271. The molecule has 0 saturated carbocycles. The smallest absolute Gasteiger partial charge is 0.232 e. The zero-order chi connectivity index (χ0) is 16.3. The van der Waals surface area contributed by atoms with Gasteiger partial charge in [0.05, 0.1) is 0 Å². The molecule has 21 heavy (non-hydrogen) atoms. The third-order valence-electron chi connectivity index (χ3n) is 1.77. The predicted octanol–water partition coefficient (Wildman–Crippen LogP) is 2.77. The molecule has 1 atom stereocenters. The molecule has 0 aliphatic heterocycles. The topological polar surface area (TPSA) is 89.9 Å². The Bertz CT molecular complexity index is 632. The van der Waals surface area contributed by atoms with Gasteiger partial charge in [-0.2, -0.15) is 21.6 Å². The molecule has 1 unspecified atom stereocenters. The highest BCUT2D eigenvalue weighted by molar-refractivity contribution is 8.00. The van der Waals surface area contributed by atoms with Crippen LogP contribution in [0.2, 0.25) is 0 Å². The van der Waals surface area contributed by atoms with E-state index < -0.39 is 58.0 Å². The largest absolute Gasteiger partial charge is 0.697 e. The maximum atomic E-state index is 13.0. The summed E-state index contributed by atoms with van der Waals surface area (Å²) in [6.45, 7) is -1.18. The van der Waals surface area contributed by atoms with Gasteiger partial charge in [-0.3, -0.25) is 0 Å². The summed E-state index contributed by atoms with van der Waals surface area (Å²) < 4.78 is 91.4. The van der Waals surface area contributed by atoms with Crippen molar-refractivity contribution in [2.75, 3.05) is 6.79 Å². The van der Waals surface area contributed by atoms with Gasteiger partial charge in [-0.25, -0.2) is 8.57 Å². The van der Waals surface area contributed by atoms with Crippen LogP contribution in [0.3, 0.4) is 0 Å². The molecule has 1 rings (SSSR count). The molecule has 6 nitrogen and oxygen atoms in total. The Kier molecular flexibility index (Phi) is 6.08. The lowest BCUT2D eigenvalue weighted by Gasteiger charge is -2.11. The van der Waals surface area contributed by atoms with Crippen molar-refractivity contribution in [3.05, 3.63) is 24.0 Å². The first kappa shape index (κ1) is 18.3. The van der Waals surface area contributed by atoms with Crippen LogP contribution in [0.4, 0.5) is 17.6 Å². The van der Waals surface area contributed by atoms with Crippen LogP contribution in [0, 0.1) is 5.82 Å². The lowest BCUT2D eigenvalue weighted by Crippen LogP contribution is -2.11. The fourth-order valence-electron chi connectivity index (χ4n) is 1.09. The Morgan fingerprint density at radius 1 is 1.33 bits per heavy atom. The van der Waals surface area contributed by atoms with Crippen LogP contribution in [-0.2, 0) is 23.4 Å². The van der Waals surface area contributed by atoms with E-state index in [0.29, 0.717) is 18.2 Å². The van der Waals surface area contributed by atoms with Crippen molar-refractivity contribution in [2.45, 2.75) is 15.3 Å². The van der Waals surface area contributed by atoms with Gasteiger partial charge in [0.25, 0.3) is 0 Å². The molecule has 1 N–H and O–H groups in total. The number of hydrogen-bond donors (Lipinski definition) is 1. The normalized spacial score (nSPS) is 13.3. The summed E-state index contributed by atoms with van der Waals surface area (Å²) in [6, 6.07) is 1.59. The van der Waals surface area contributed by atoms with Crippen LogP contribution in [0.1, 0.15) is 0 Å². The summed E-state index contributed by atoms with van der Waals surface area (Å²) in [6.07, 6.45) is 0. The molecular weight excluding hydrogens is 363 g/mol. The van der Waals surface area contributed by atoms with Crippen molar-refractivity contribution in [3.63, 3.8) is 0 Å². The number of benzene rings is 1. The molecule has 0 radical (unpaired) electrons. The molecule has 0 bridgehead atoms. The first-order chi connectivity index (χ1) is 9.51. The summed E-state index contributed by atoms with van der Waals surface area (Å²) in [5, 5.41) is 0. The van der Waals surface area contributed by atoms with Gasteiger partial charge < -0.3 is 0 Å². The molecule has 0 saturated heterocycles. The van der Waals surface area contributed by atoms with Crippen LogP contribution in [-0.4, -0.2) is 25.6 Å². The molecule has 0 aliphatic carbocycles. The van der Waals surface area contributed by atoms with Gasteiger partial charge in [0, 0.05) is 9.46 Å². The standard InChI is InChI=1S/C8H5F4O6PS2/c9-5-1-2-7(6(3-5)20-8(10,11)12)21(15,16)18-4-17-19(13)14/h1-3H,4H2/p+1. The summed E-state index contributed by atoms with van der Waals surface area (Å²) in [4.78, 5) is 6.40. The van der Waals surface area contributed by atoms with Crippen LogP contribution >= 0.6 is 20.0 Å². The molecule has 1 aromatic rings. The van der Waals surface area contributed by atoms with Gasteiger partial charge in [0.1, 0.15) is 10.7 Å². The van der Waals surface area contributed by atoms with Crippen LogP contribution < -0.4 is 0 Å². The Morgan fingerprint density at radius 3 is 2.48 bits per heavy atom. The Labute approximate surface area is 121 Å². The lowest BCUT2D eigenvalue weighted by atomic mass is 10.3. The lowest BCUT2D eigenvalue weighted by molar-refractivity contribution is -0.0329. The van der Waals surface area contributed by atoms with E-state index in [4.69, 9.17) is 4.89 Å². The molecule has 13 heteroatoms. The van der Waals surface area contributed by atoms with E-state index in [2.05, 4.69) is 8.71 Å². The van der Waals surface area contributed by atoms with Gasteiger partial charge in [0.15, 0.2) is 0 Å². The van der Waals surface area contributed by atoms with Gasteiger partial charge >= 0.3 is 23.9 Å². The van der Waals surface area contributed by atoms with E-state index in [1.54, 1.807) is 0 Å². The molecule has 0 aliphatic rings. The summed E-state index contributed by atoms with van der Waals surface area (Å²) in [5.74, 6) is -1.07. The monoisotopic (exact) mass is 369 g/mol. The maximum Gasteiger partial charge on any atom is 0.697 e. The molecular formula is C8H6F4O6PS2+. The van der Waals surface area contributed by atoms with E-state index in [1.807, 2.05) is 0 Å². The minimum absolute atomic E-state index is 0.377. The molecule has 0 fully saturated rings.